The molecule has 0 fully saturated rings. The van der Waals surface area contributed by atoms with E-state index in [1.54, 1.807) is 19.3 Å². The van der Waals surface area contributed by atoms with Crippen molar-refractivity contribution in [3.8, 4) is 22.8 Å². The van der Waals surface area contributed by atoms with Crippen molar-refractivity contribution in [2.24, 2.45) is 0 Å². The third-order valence-electron chi connectivity index (χ3n) is 4.81. The number of rotatable bonds is 5. The Morgan fingerprint density at radius 1 is 1.10 bits per heavy atom. The highest BCUT2D eigenvalue weighted by atomic mass is 79.9. The molecular formula is C23H19BrN4O3. The molecule has 0 aliphatic rings. The molecule has 0 aliphatic carbocycles. The molecule has 0 N–H and O–H groups in total. The van der Waals surface area contributed by atoms with Crippen LogP contribution in [0.2, 0.25) is 0 Å². The first-order valence-electron chi connectivity index (χ1n) is 9.54. The zero-order valence-corrected chi connectivity index (χ0v) is 18.5. The molecule has 2 heterocycles. The van der Waals surface area contributed by atoms with Crippen LogP contribution in [0.25, 0.3) is 22.8 Å². The zero-order chi connectivity index (χ0) is 22.0. The smallest absolute Gasteiger partial charge is 0.259 e. The van der Waals surface area contributed by atoms with E-state index >= 15 is 0 Å². The Hall–Kier alpha value is -3.52. The average Bonchev–Trinajstić information content (AvgIpc) is 3.25. The van der Waals surface area contributed by atoms with Crippen LogP contribution in [0.3, 0.4) is 0 Å². The minimum Gasteiger partial charge on any atom is -0.334 e. The number of anilines is 1. The van der Waals surface area contributed by atoms with Crippen molar-refractivity contribution in [3.63, 3.8) is 0 Å². The molecular weight excluding hydrogens is 460 g/mol. The van der Waals surface area contributed by atoms with Gasteiger partial charge >= 0.3 is 0 Å². The van der Waals surface area contributed by atoms with Crippen LogP contribution in [0, 0.1) is 6.92 Å². The van der Waals surface area contributed by atoms with Gasteiger partial charge in [0.15, 0.2) is 0 Å². The summed E-state index contributed by atoms with van der Waals surface area (Å²) in [7, 11) is 1.69. The van der Waals surface area contributed by atoms with Gasteiger partial charge in [0.1, 0.15) is 6.54 Å². The lowest BCUT2D eigenvalue weighted by molar-refractivity contribution is -0.118. The van der Waals surface area contributed by atoms with Crippen molar-refractivity contribution >= 4 is 27.5 Å². The van der Waals surface area contributed by atoms with Crippen molar-refractivity contribution in [1.29, 1.82) is 0 Å². The average molecular weight is 479 g/mol. The highest BCUT2D eigenvalue weighted by molar-refractivity contribution is 9.10. The van der Waals surface area contributed by atoms with Gasteiger partial charge in [0.05, 0.1) is 5.56 Å². The number of amides is 1. The van der Waals surface area contributed by atoms with Crippen LogP contribution in [-0.4, -0.2) is 27.7 Å². The lowest BCUT2D eigenvalue weighted by Gasteiger charge is -2.18. The number of aromatic nitrogens is 3. The van der Waals surface area contributed by atoms with Crippen LogP contribution >= 0.6 is 15.9 Å². The lowest BCUT2D eigenvalue weighted by atomic mass is 10.2. The van der Waals surface area contributed by atoms with Crippen LogP contribution < -0.4 is 10.5 Å². The van der Waals surface area contributed by atoms with Gasteiger partial charge in [0, 0.05) is 35.0 Å². The van der Waals surface area contributed by atoms with Gasteiger partial charge in [-0.25, -0.2) is 0 Å². The van der Waals surface area contributed by atoms with Gasteiger partial charge in [-0.1, -0.05) is 45.4 Å². The molecule has 0 spiro atoms. The van der Waals surface area contributed by atoms with Gasteiger partial charge in [0.2, 0.25) is 11.7 Å². The van der Waals surface area contributed by atoms with E-state index in [-0.39, 0.29) is 23.9 Å². The molecule has 0 atom stereocenters. The Balaban J connectivity index is 1.58. The summed E-state index contributed by atoms with van der Waals surface area (Å²) >= 11 is 3.42. The number of carbonyl (C=O) groups is 1. The summed E-state index contributed by atoms with van der Waals surface area (Å²) in [6.45, 7) is 1.85. The predicted octanol–water partition coefficient (Wildman–Crippen LogP) is 4.30. The number of halogens is 1. The Labute approximate surface area is 187 Å². The summed E-state index contributed by atoms with van der Waals surface area (Å²) in [4.78, 5) is 31.0. The number of carbonyl (C=O) groups excluding carboxylic acids is 1. The van der Waals surface area contributed by atoms with Crippen molar-refractivity contribution in [2.75, 3.05) is 11.9 Å². The third-order valence-corrected chi connectivity index (χ3v) is 5.30. The number of hydrogen-bond donors (Lipinski definition) is 0. The molecule has 0 aliphatic heterocycles. The van der Waals surface area contributed by atoms with E-state index in [1.165, 1.54) is 15.5 Å². The van der Waals surface area contributed by atoms with E-state index in [2.05, 4.69) is 26.1 Å². The summed E-state index contributed by atoms with van der Waals surface area (Å²) in [5.41, 5.74) is 2.88. The van der Waals surface area contributed by atoms with E-state index in [0.29, 0.717) is 11.4 Å². The van der Waals surface area contributed by atoms with Gasteiger partial charge in [-0.05, 0) is 42.8 Å². The van der Waals surface area contributed by atoms with Gasteiger partial charge in [-0.3, -0.25) is 9.59 Å². The van der Waals surface area contributed by atoms with Gasteiger partial charge in [0.25, 0.3) is 11.4 Å². The lowest BCUT2D eigenvalue weighted by Crippen LogP contribution is -2.33. The minimum atomic E-state index is -0.290. The molecule has 4 aromatic rings. The molecule has 0 unspecified atom stereocenters. The number of nitrogens with zero attached hydrogens (tertiary/aromatic N) is 4. The van der Waals surface area contributed by atoms with Gasteiger partial charge < -0.3 is 14.0 Å². The Kier molecular flexibility index (Phi) is 5.81. The van der Waals surface area contributed by atoms with E-state index in [4.69, 9.17) is 4.52 Å². The maximum absolute atomic E-state index is 12.8. The number of pyridine rings is 1. The van der Waals surface area contributed by atoms with Gasteiger partial charge in [-0.2, -0.15) is 4.98 Å². The fraction of sp³-hybridized carbons (Fsp3) is 0.130. The van der Waals surface area contributed by atoms with E-state index in [9.17, 15) is 9.59 Å². The quantitative estimate of drug-likeness (QED) is 0.427. The fourth-order valence-electron chi connectivity index (χ4n) is 3.10. The fourth-order valence-corrected chi connectivity index (χ4v) is 3.50. The summed E-state index contributed by atoms with van der Waals surface area (Å²) in [6.07, 6.45) is 1.56. The van der Waals surface area contributed by atoms with Crippen molar-refractivity contribution in [2.45, 2.75) is 13.5 Å². The van der Waals surface area contributed by atoms with Crippen molar-refractivity contribution in [3.05, 3.63) is 87.3 Å². The maximum Gasteiger partial charge on any atom is 0.259 e. The molecule has 0 saturated heterocycles. The second-order valence-corrected chi connectivity index (χ2v) is 8.02. The number of aryl methyl sites for hydroxylation is 1. The summed E-state index contributed by atoms with van der Waals surface area (Å²) in [6, 6.07) is 18.2. The van der Waals surface area contributed by atoms with Crippen LogP contribution in [0.5, 0.6) is 0 Å². The SMILES string of the molecule is Cc1cccc(N(C)C(=O)Cn2cc(-c3nc(-c4cccc(Br)c4)no3)ccc2=O)c1. The highest BCUT2D eigenvalue weighted by Crippen LogP contribution is 2.24. The molecule has 0 radical (unpaired) electrons. The first-order valence-corrected chi connectivity index (χ1v) is 10.3. The second-order valence-electron chi connectivity index (χ2n) is 7.11. The number of hydrogen-bond acceptors (Lipinski definition) is 5. The Morgan fingerprint density at radius 2 is 1.90 bits per heavy atom. The monoisotopic (exact) mass is 478 g/mol. The molecule has 1 amide bonds. The van der Waals surface area contributed by atoms with Crippen LogP contribution in [0.1, 0.15) is 5.56 Å². The van der Waals surface area contributed by atoms with Crippen LogP contribution in [-0.2, 0) is 11.3 Å². The normalized spacial score (nSPS) is 10.8. The predicted molar refractivity (Wildman–Crippen MR) is 122 cm³/mol. The molecule has 4 rings (SSSR count). The molecule has 0 saturated carbocycles. The van der Waals surface area contributed by atoms with E-state index in [1.807, 2.05) is 55.5 Å². The first kappa shape index (κ1) is 20.7. The largest absolute Gasteiger partial charge is 0.334 e. The molecule has 8 heteroatoms. The molecule has 31 heavy (non-hydrogen) atoms. The number of benzene rings is 2. The molecule has 156 valence electrons. The Bertz CT molecular complexity index is 1310. The standard InChI is InChI=1S/C23H19BrN4O3/c1-15-5-3-8-19(11-15)27(2)21(30)14-28-13-17(9-10-20(28)29)23-25-22(26-31-23)16-6-4-7-18(24)12-16/h3-13H,14H2,1-2H3. The Morgan fingerprint density at radius 3 is 2.68 bits per heavy atom. The molecule has 2 aromatic heterocycles. The second kappa shape index (κ2) is 8.69. The van der Waals surface area contributed by atoms with E-state index in [0.717, 1.165) is 21.3 Å². The van der Waals surface area contributed by atoms with E-state index < -0.39 is 0 Å². The van der Waals surface area contributed by atoms with Crippen molar-refractivity contribution in [1.82, 2.24) is 14.7 Å². The summed E-state index contributed by atoms with van der Waals surface area (Å²) in [5.74, 6) is 0.484. The van der Waals surface area contributed by atoms with Crippen LogP contribution in [0.15, 0.2) is 80.7 Å². The maximum atomic E-state index is 12.8. The summed E-state index contributed by atoms with van der Waals surface area (Å²) < 4.78 is 7.63. The topological polar surface area (TPSA) is 81.2 Å². The molecule has 0 bridgehead atoms. The zero-order valence-electron chi connectivity index (χ0n) is 16.9. The first-order chi connectivity index (χ1) is 14.9. The van der Waals surface area contributed by atoms with Crippen LogP contribution in [0.4, 0.5) is 5.69 Å². The number of likely N-dealkylation sites (N-methyl/N-ethyl adjacent to an activating group) is 1. The molecule has 2 aromatic carbocycles. The summed E-state index contributed by atoms with van der Waals surface area (Å²) in [5, 5.41) is 4.02. The van der Waals surface area contributed by atoms with Crippen molar-refractivity contribution < 1.29 is 9.32 Å². The van der Waals surface area contributed by atoms with Gasteiger partial charge in [-0.15, -0.1) is 0 Å². The minimum absolute atomic E-state index is 0.107. The third kappa shape index (κ3) is 4.64. The highest BCUT2D eigenvalue weighted by Gasteiger charge is 2.15. The molecule has 7 nitrogen and oxygen atoms in total.